The van der Waals surface area contributed by atoms with Gasteiger partial charge in [0.2, 0.25) is 11.8 Å². The minimum Gasteiger partial charge on any atom is -0.354 e. The molecule has 0 spiro atoms. The lowest BCUT2D eigenvalue weighted by atomic mass is 9.95. The van der Waals surface area contributed by atoms with Crippen LogP contribution in [-0.2, 0) is 15.0 Å². The van der Waals surface area contributed by atoms with Crippen LogP contribution in [0.2, 0.25) is 0 Å². The molecule has 0 radical (unpaired) electrons. The van der Waals surface area contributed by atoms with E-state index in [1.54, 1.807) is 0 Å². The van der Waals surface area contributed by atoms with Crippen LogP contribution >= 0.6 is 27.7 Å². The van der Waals surface area contributed by atoms with Crippen molar-refractivity contribution in [3.8, 4) is 0 Å². The zero-order chi connectivity index (χ0) is 15.7. The maximum absolute atomic E-state index is 12.4. The van der Waals surface area contributed by atoms with Crippen molar-refractivity contribution in [3.63, 3.8) is 0 Å². The summed E-state index contributed by atoms with van der Waals surface area (Å²) >= 11 is 4.40. The van der Waals surface area contributed by atoms with Gasteiger partial charge in [-0.15, -0.1) is 0 Å². The molecule has 1 saturated carbocycles. The van der Waals surface area contributed by atoms with E-state index in [0.29, 0.717) is 6.54 Å². The molecule has 3 amide bonds. The molecule has 1 aromatic rings. The number of halogens is 1. The van der Waals surface area contributed by atoms with Crippen molar-refractivity contribution < 1.29 is 14.4 Å². The number of carbonyl (C=O) groups excluding carboxylic acids is 3. The molecule has 0 bridgehead atoms. The molecule has 0 aromatic heterocycles. The van der Waals surface area contributed by atoms with E-state index >= 15 is 0 Å². The summed E-state index contributed by atoms with van der Waals surface area (Å²) in [7, 11) is 0. The van der Waals surface area contributed by atoms with Gasteiger partial charge in [-0.05, 0) is 30.5 Å². The van der Waals surface area contributed by atoms with Crippen molar-refractivity contribution >= 4 is 44.7 Å². The molecule has 0 unspecified atom stereocenters. The molecule has 0 atom stereocenters. The Labute approximate surface area is 140 Å². The molecular weight excluding hydrogens is 368 g/mol. The first-order valence-corrected chi connectivity index (χ1v) is 8.82. The van der Waals surface area contributed by atoms with E-state index in [2.05, 4.69) is 21.2 Å². The maximum atomic E-state index is 12.4. The molecule has 116 valence electrons. The number of hydrogen-bond donors (Lipinski definition) is 1. The third kappa shape index (κ3) is 2.92. The molecule has 1 aromatic carbocycles. The zero-order valence-electron chi connectivity index (χ0n) is 11.8. The minimum absolute atomic E-state index is 0.0263. The Balaban J connectivity index is 1.57. The van der Waals surface area contributed by atoms with Gasteiger partial charge in [-0.25, -0.2) is 0 Å². The second-order valence-electron chi connectivity index (χ2n) is 5.44. The Kier molecular flexibility index (Phi) is 4.27. The summed E-state index contributed by atoms with van der Waals surface area (Å²) in [6.45, 7) is 0.544. The summed E-state index contributed by atoms with van der Waals surface area (Å²) in [5, 5.41) is 2.63. The highest BCUT2D eigenvalue weighted by Crippen LogP contribution is 2.48. The van der Waals surface area contributed by atoms with Crippen LogP contribution in [-0.4, -0.2) is 40.8 Å². The van der Waals surface area contributed by atoms with Gasteiger partial charge in [-0.1, -0.05) is 39.8 Å². The van der Waals surface area contributed by atoms with Crippen LogP contribution in [0.15, 0.2) is 28.7 Å². The molecule has 1 N–H and O–H groups in total. The fourth-order valence-electron chi connectivity index (χ4n) is 2.59. The van der Waals surface area contributed by atoms with Gasteiger partial charge in [0.1, 0.15) is 0 Å². The van der Waals surface area contributed by atoms with E-state index in [0.717, 1.165) is 34.6 Å². The number of nitrogens with one attached hydrogen (secondary N) is 1. The van der Waals surface area contributed by atoms with Gasteiger partial charge in [0.25, 0.3) is 5.24 Å². The van der Waals surface area contributed by atoms with E-state index in [1.807, 2.05) is 24.3 Å². The molecule has 2 aliphatic rings. The van der Waals surface area contributed by atoms with E-state index in [-0.39, 0.29) is 29.4 Å². The smallest absolute Gasteiger partial charge is 0.288 e. The van der Waals surface area contributed by atoms with Crippen LogP contribution in [0.3, 0.4) is 0 Å². The molecule has 1 saturated heterocycles. The standard InChI is InChI=1S/C15H15BrN2O3S/c16-11-3-1-10(2-4-11)15(5-6-15)13(20)17-7-8-18-12(19)9-22-14(18)21/h1-4H,5-9H2,(H,17,20). The minimum atomic E-state index is -0.436. The highest BCUT2D eigenvalue weighted by atomic mass is 79.9. The molecule has 1 aliphatic carbocycles. The third-order valence-corrected chi connectivity index (χ3v) is 5.43. The number of benzene rings is 1. The van der Waals surface area contributed by atoms with E-state index in [9.17, 15) is 14.4 Å². The molecule has 22 heavy (non-hydrogen) atoms. The molecule has 3 rings (SSSR count). The Morgan fingerprint density at radius 2 is 1.95 bits per heavy atom. The predicted molar refractivity (Wildman–Crippen MR) is 87.6 cm³/mol. The number of nitrogens with zero attached hydrogens (tertiary/aromatic N) is 1. The van der Waals surface area contributed by atoms with Crippen LogP contribution in [0.4, 0.5) is 4.79 Å². The van der Waals surface area contributed by atoms with Gasteiger partial charge < -0.3 is 5.32 Å². The molecule has 5 nitrogen and oxygen atoms in total. The highest BCUT2D eigenvalue weighted by Gasteiger charge is 2.51. The lowest BCUT2D eigenvalue weighted by molar-refractivity contribution is -0.126. The van der Waals surface area contributed by atoms with Crippen LogP contribution in [0, 0.1) is 0 Å². The Hall–Kier alpha value is -1.34. The van der Waals surface area contributed by atoms with Gasteiger partial charge in [-0.3, -0.25) is 19.3 Å². The van der Waals surface area contributed by atoms with Gasteiger partial charge in [-0.2, -0.15) is 0 Å². The monoisotopic (exact) mass is 382 g/mol. The Morgan fingerprint density at radius 1 is 1.27 bits per heavy atom. The lowest BCUT2D eigenvalue weighted by Gasteiger charge is -2.18. The fourth-order valence-corrected chi connectivity index (χ4v) is 3.60. The van der Waals surface area contributed by atoms with Gasteiger partial charge in [0, 0.05) is 17.6 Å². The molecule has 2 fully saturated rings. The summed E-state index contributed by atoms with van der Waals surface area (Å²) in [6, 6.07) is 7.78. The Morgan fingerprint density at radius 3 is 2.50 bits per heavy atom. The summed E-state index contributed by atoms with van der Waals surface area (Å²) < 4.78 is 0.982. The summed E-state index contributed by atoms with van der Waals surface area (Å²) in [5.74, 6) is -0.00448. The van der Waals surface area contributed by atoms with Crippen LogP contribution in [0.5, 0.6) is 0 Å². The highest BCUT2D eigenvalue weighted by molar-refractivity contribution is 9.10. The first-order valence-electron chi connectivity index (χ1n) is 7.04. The van der Waals surface area contributed by atoms with Gasteiger partial charge in [0.15, 0.2) is 0 Å². The second kappa shape index (κ2) is 6.04. The first kappa shape index (κ1) is 15.6. The molecular formula is C15H15BrN2O3S. The lowest BCUT2D eigenvalue weighted by Crippen LogP contribution is -2.41. The third-order valence-electron chi connectivity index (χ3n) is 4.04. The van der Waals surface area contributed by atoms with Crippen molar-refractivity contribution in [1.82, 2.24) is 10.2 Å². The number of rotatable bonds is 5. The van der Waals surface area contributed by atoms with Crippen LogP contribution < -0.4 is 5.32 Å². The largest absolute Gasteiger partial charge is 0.354 e. The van der Waals surface area contributed by atoms with Crippen LogP contribution in [0.25, 0.3) is 0 Å². The van der Waals surface area contributed by atoms with E-state index in [1.165, 1.54) is 4.90 Å². The van der Waals surface area contributed by atoms with Crippen molar-refractivity contribution in [2.24, 2.45) is 0 Å². The first-order chi connectivity index (χ1) is 10.5. The predicted octanol–water partition coefficient (Wildman–Crippen LogP) is 2.29. The quantitative estimate of drug-likeness (QED) is 0.848. The van der Waals surface area contributed by atoms with Gasteiger partial charge >= 0.3 is 0 Å². The topological polar surface area (TPSA) is 66.5 Å². The fraction of sp³-hybridized carbons (Fsp3) is 0.400. The number of imide groups is 1. The number of amides is 3. The molecule has 1 heterocycles. The van der Waals surface area contributed by atoms with Crippen molar-refractivity contribution in [2.75, 3.05) is 18.8 Å². The zero-order valence-corrected chi connectivity index (χ0v) is 14.2. The van der Waals surface area contributed by atoms with Crippen molar-refractivity contribution in [1.29, 1.82) is 0 Å². The number of carbonyl (C=O) groups is 3. The normalized spacial score (nSPS) is 19.4. The number of thioether (sulfide) groups is 1. The average Bonchev–Trinajstić information content (AvgIpc) is 3.25. The summed E-state index contributed by atoms with van der Waals surface area (Å²) in [6.07, 6.45) is 1.66. The van der Waals surface area contributed by atoms with E-state index in [4.69, 9.17) is 0 Å². The maximum Gasteiger partial charge on any atom is 0.288 e. The summed E-state index contributed by atoms with van der Waals surface area (Å²) in [4.78, 5) is 36.6. The van der Waals surface area contributed by atoms with E-state index < -0.39 is 5.41 Å². The molecule has 7 heteroatoms. The SMILES string of the molecule is O=C1CSC(=O)N1CCNC(=O)C1(c2ccc(Br)cc2)CC1. The molecule has 1 aliphatic heterocycles. The van der Waals surface area contributed by atoms with Gasteiger partial charge in [0.05, 0.1) is 11.2 Å². The second-order valence-corrected chi connectivity index (χ2v) is 7.29. The van der Waals surface area contributed by atoms with Crippen LogP contribution in [0.1, 0.15) is 18.4 Å². The summed E-state index contributed by atoms with van der Waals surface area (Å²) in [5.41, 5.74) is 0.575. The number of hydrogen-bond acceptors (Lipinski definition) is 4. The Bertz CT molecular complexity index is 612. The van der Waals surface area contributed by atoms with Crippen molar-refractivity contribution in [3.05, 3.63) is 34.3 Å². The average molecular weight is 383 g/mol. The van der Waals surface area contributed by atoms with Crippen molar-refractivity contribution in [2.45, 2.75) is 18.3 Å².